The molecule has 2 aliphatic heterocycles. The van der Waals surface area contributed by atoms with E-state index >= 15 is 0 Å². The number of aromatic carboxylic acids is 2. The van der Waals surface area contributed by atoms with Gasteiger partial charge in [0.2, 0.25) is 5.95 Å². The Morgan fingerprint density at radius 3 is 2.12 bits per heavy atom. The number of carboxylic acids is 2. The first-order valence-electron chi connectivity index (χ1n) is 17.7. The van der Waals surface area contributed by atoms with Crippen LogP contribution in [0.1, 0.15) is 73.3 Å². The van der Waals surface area contributed by atoms with Crippen molar-refractivity contribution in [3.8, 4) is 23.3 Å². The van der Waals surface area contributed by atoms with Crippen LogP contribution in [0, 0.1) is 11.8 Å². The van der Waals surface area contributed by atoms with Crippen LogP contribution in [-0.2, 0) is 9.59 Å². The highest BCUT2D eigenvalue weighted by Gasteiger charge is 2.35. The summed E-state index contributed by atoms with van der Waals surface area (Å²) in [5.74, 6) is 4.13. The summed E-state index contributed by atoms with van der Waals surface area (Å²) in [7, 11) is 0. The lowest BCUT2D eigenvalue weighted by Gasteiger charge is -2.26. The quantitative estimate of drug-likeness (QED) is 0.0626. The summed E-state index contributed by atoms with van der Waals surface area (Å²) in [6.45, 7) is 7.76. The number of hydrogen-bond donors (Lipinski definition) is 7. The fourth-order valence-corrected chi connectivity index (χ4v) is 6.49. The molecule has 18 nitrogen and oxygen atoms in total. The Kier molecular flexibility index (Phi) is 11.1. The molecule has 0 radical (unpaired) electrons. The monoisotopic (exact) mass is 765 g/mol. The fourth-order valence-electron chi connectivity index (χ4n) is 6.49. The molecule has 0 aliphatic carbocycles. The highest BCUT2D eigenvalue weighted by atomic mass is 16.5. The first kappa shape index (κ1) is 38.6. The van der Waals surface area contributed by atoms with Crippen LogP contribution in [-0.4, -0.2) is 86.2 Å². The molecule has 2 aromatic heterocycles. The van der Waals surface area contributed by atoms with Gasteiger partial charge in [-0.25, -0.2) is 34.2 Å². The maximum absolute atomic E-state index is 13.4. The molecule has 9 N–H and O–H groups in total. The third-order valence-corrected chi connectivity index (χ3v) is 8.76. The number of carbonyl (C=O) groups is 4. The van der Waals surface area contributed by atoms with E-state index in [9.17, 15) is 29.4 Å². The van der Waals surface area contributed by atoms with Crippen LogP contribution in [0.15, 0.2) is 57.8 Å². The van der Waals surface area contributed by atoms with E-state index in [1.807, 2.05) is 4.57 Å². The third-order valence-electron chi connectivity index (χ3n) is 8.76. The van der Waals surface area contributed by atoms with Gasteiger partial charge in [0.05, 0.1) is 22.7 Å². The van der Waals surface area contributed by atoms with Gasteiger partial charge in [-0.05, 0) is 64.1 Å². The minimum Gasteiger partial charge on any atom is -0.489 e. The molecule has 2 aliphatic rings. The molecular weight excluding hydrogens is 724 g/mol. The van der Waals surface area contributed by atoms with Crippen molar-refractivity contribution < 1.29 is 43.4 Å². The second-order valence-corrected chi connectivity index (χ2v) is 13.1. The first-order chi connectivity index (χ1) is 26.8. The number of nitrogens with zero attached hydrogens (tertiary/aromatic N) is 5. The van der Waals surface area contributed by atoms with Crippen LogP contribution in [0.4, 0.5) is 11.9 Å². The Balaban J connectivity index is 1.32. The van der Waals surface area contributed by atoms with E-state index in [2.05, 4.69) is 42.4 Å². The largest absolute Gasteiger partial charge is 0.489 e. The topological polar surface area (TPSA) is 266 Å². The van der Waals surface area contributed by atoms with Gasteiger partial charge in [-0.1, -0.05) is 5.92 Å². The lowest BCUT2D eigenvalue weighted by atomic mass is 10.1. The van der Waals surface area contributed by atoms with E-state index in [1.165, 1.54) is 36.4 Å². The maximum Gasteiger partial charge on any atom is 0.364 e. The number of hydrogen-bond acceptors (Lipinski definition) is 11. The smallest absolute Gasteiger partial charge is 0.364 e. The molecule has 0 fully saturated rings. The summed E-state index contributed by atoms with van der Waals surface area (Å²) >= 11 is 0. The summed E-state index contributed by atoms with van der Waals surface area (Å²) < 4.78 is 15.7. The van der Waals surface area contributed by atoms with Gasteiger partial charge in [0.15, 0.2) is 11.3 Å². The second-order valence-electron chi connectivity index (χ2n) is 13.1. The molecule has 0 unspecified atom stereocenters. The van der Waals surface area contributed by atoms with E-state index in [1.54, 1.807) is 32.3 Å². The van der Waals surface area contributed by atoms with E-state index in [4.69, 9.17) is 20.9 Å². The average molecular weight is 766 g/mol. The number of amides is 2. The van der Waals surface area contributed by atoms with Gasteiger partial charge < -0.3 is 31.2 Å². The van der Waals surface area contributed by atoms with Crippen molar-refractivity contribution in [3.63, 3.8) is 0 Å². The van der Waals surface area contributed by atoms with Gasteiger partial charge in [0.25, 0.3) is 5.91 Å². The number of benzene rings is 2. The van der Waals surface area contributed by atoms with Gasteiger partial charge >= 0.3 is 23.8 Å². The molecule has 2 aromatic carbocycles. The molecule has 2 amide bonds. The summed E-state index contributed by atoms with van der Waals surface area (Å²) in [4.78, 5) is 66.8. The van der Waals surface area contributed by atoms with Gasteiger partial charge in [0.1, 0.15) is 47.5 Å². The predicted octanol–water partition coefficient (Wildman–Crippen LogP) is 3.08. The number of carboxylic acid groups (broad SMARTS) is 2. The van der Waals surface area contributed by atoms with Crippen LogP contribution < -0.4 is 36.1 Å². The lowest BCUT2D eigenvalue weighted by molar-refractivity contribution is -0.689. The Hall–Kier alpha value is -7.16. The fraction of sp³-hybridized carbons (Fsp3) is 0.316. The van der Waals surface area contributed by atoms with Crippen LogP contribution in [0.2, 0.25) is 0 Å². The minimum absolute atomic E-state index is 0.00593. The molecule has 2 atom stereocenters. The predicted molar refractivity (Wildman–Crippen MR) is 207 cm³/mol. The van der Waals surface area contributed by atoms with E-state index in [-0.39, 0.29) is 60.5 Å². The molecule has 0 spiro atoms. The van der Waals surface area contributed by atoms with Gasteiger partial charge in [-0.3, -0.25) is 24.7 Å². The van der Waals surface area contributed by atoms with Crippen molar-refractivity contribution >= 4 is 69.1 Å². The molecule has 6 rings (SSSR count). The van der Waals surface area contributed by atoms with Crippen LogP contribution in [0.25, 0.3) is 22.1 Å². The third kappa shape index (κ3) is 7.87. The Bertz CT molecular complexity index is 2300. The number of nitrogens with one attached hydrogen (secondary N) is 3. The molecule has 0 saturated carbocycles. The summed E-state index contributed by atoms with van der Waals surface area (Å²) in [6, 6.07) is 4.85. The molecule has 290 valence electrons. The number of aliphatic imine (C=N–C) groups is 2. The number of H-pyrrole nitrogens is 1. The van der Waals surface area contributed by atoms with Gasteiger partial charge in [0, 0.05) is 37.3 Å². The van der Waals surface area contributed by atoms with Crippen molar-refractivity contribution in [1.29, 1.82) is 0 Å². The number of nitrogens with two attached hydrogens (primary N) is 2. The van der Waals surface area contributed by atoms with Gasteiger partial charge in [-0.2, -0.15) is 0 Å². The number of allylic oxidation sites excluding steroid dienone is 2. The SMILES string of the molecule is CCN=C(/C=C(/C)N)C(=O)Nc1nc2cc(C(=O)O)cc3c2n1[C@@H](CC#CC[C@H]1COc2cc(C(=O)O)cc4[nH]c(NC(=O)C(/C=C(/C)N)=NCC)[n+]1c24)CO3. The summed E-state index contributed by atoms with van der Waals surface area (Å²) in [5, 5.41) is 25.1. The molecule has 4 heterocycles. The van der Waals surface area contributed by atoms with E-state index < -0.39 is 35.8 Å². The molecule has 56 heavy (non-hydrogen) atoms. The summed E-state index contributed by atoms with van der Waals surface area (Å²) in [5.41, 5.74) is 14.5. The Labute approximate surface area is 320 Å². The number of carbonyl (C=O) groups excluding carboxylic acids is 2. The minimum atomic E-state index is -1.16. The van der Waals surface area contributed by atoms with Crippen molar-refractivity contribution in [2.45, 2.75) is 52.6 Å². The highest BCUT2D eigenvalue weighted by Crippen LogP contribution is 2.38. The summed E-state index contributed by atoms with van der Waals surface area (Å²) in [6.07, 6.45) is 3.43. The maximum atomic E-state index is 13.4. The standard InChI is InChI=1S/C38H40N10O8/c1-5-41-27(11-19(3)39)33(49)45-37-43-25-13-21(35(51)52)15-29-31(25)47(37)23(17-55-29)9-7-8-10-24-18-56-30-16-22(36(53)54)14-26-32(30)48(24)38(44-26)46-34(50)28(42-6-2)12-20(4)40/h11-16,23-24H,5-6,9-10,17-18H2,1-4H3,(H8,39,40,41,42,43,44,45,46,49,50,51,52,53,54)/p+1/t23-,24-/m0/s1. The van der Waals surface area contributed by atoms with Crippen LogP contribution in [0.3, 0.4) is 0 Å². The molecule has 0 bridgehead atoms. The first-order valence-corrected chi connectivity index (χ1v) is 17.7. The number of anilines is 2. The van der Waals surface area contributed by atoms with Crippen molar-refractivity contribution in [1.82, 2.24) is 14.5 Å². The van der Waals surface area contributed by atoms with Crippen molar-refractivity contribution in [2.75, 3.05) is 36.9 Å². The normalized spacial score (nSPS) is 16.8. The van der Waals surface area contributed by atoms with E-state index in [0.717, 1.165) is 0 Å². The second kappa shape index (κ2) is 16.1. The number of aromatic nitrogens is 4. The zero-order valence-electron chi connectivity index (χ0n) is 31.1. The molecule has 4 aromatic rings. The Morgan fingerprint density at radius 2 is 1.50 bits per heavy atom. The number of rotatable bonds is 12. The van der Waals surface area contributed by atoms with Crippen LogP contribution in [0.5, 0.6) is 11.5 Å². The van der Waals surface area contributed by atoms with Crippen molar-refractivity contribution in [3.05, 3.63) is 58.9 Å². The number of ether oxygens (including phenoxy) is 2. The zero-order valence-corrected chi connectivity index (χ0v) is 31.1. The zero-order chi connectivity index (χ0) is 40.3. The number of imidazole rings is 2. The van der Waals surface area contributed by atoms with Crippen molar-refractivity contribution in [2.24, 2.45) is 21.5 Å². The number of aromatic amines is 1. The Morgan fingerprint density at radius 1 is 0.911 bits per heavy atom. The molecular formula is C38H41N10O8+. The van der Waals surface area contributed by atoms with Crippen LogP contribution >= 0.6 is 0 Å². The molecule has 0 saturated heterocycles. The average Bonchev–Trinajstić information content (AvgIpc) is 3.70. The highest BCUT2D eigenvalue weighted by molar-refractivity contribution is 6.47. The lowest BCUT2D eigenvalue weighted by Crippen LogP contribution is -2.47. The van der Waals surface area contributed by atoms with Gasteiger partial charge in [-0.15, -0.1) is 5.92 Å². The van der Waals surface area contributed by atoms with E-state index in [0.29, 0.717) is 58.0 Å². The molecule has 18 heteroatoms.